The van der Waals surface area contributed by atoms with Crippen LogP contribution in [-0.4, -0.2) is 11.8 Å². The lowest BCUT2D eigenvalue weighted by molar-refractivity contribution is 0.0995. The quantitative estimate of drug-likeness (QED) is 0.893. The van der Waals surface area contributed by atoms with Crippen LogP contribution in [0.1, 0.15) is 31.8 Å². The number of amides is 2. The van der Waals surface area contributed by atoms with Crippen molar-refractivity contribution in [3.8, 4) is 0 Å². The summed E-state index contributed by atoms with van der Waals surface area (Å²) in [7, 11) is 0. The minimum Gasteiger partial charge on any atom is -0.366 e. The molecule has 0 radical (unpaired) electrons. The molecule has 4 nitrogen and oxygen atoms in total. The number of primary amides is 1. The molecule has 0 spiro atoms. The topological polar surface area (TPSA) is 72.2 Å². The second-order valence-corrected chi connectivity index (χ2v) is 5.67. The number of carbonyl (C=O) groups excluding carboxylic acids is 2. The van der Waals surface area contributed by atoms with Crippen LogP contribution < -0.4 is 11.1 Å². The highest BCUT2D eigenvalue weighted by Gasteiger charge is 2.13. The molecular weight excluding hydrogens is 332 g/mol. The van der Waals surface area contributed by atoms with E-state index in [1.54, 1.807) is 31.2 Å². The molecule has 0 heterocycles. The molecule has 3 N–H and O–H groups in total. The summed E-state index contributed by atoms with van der Waals surface area (Å²) in [6.45, 7) is 3.62. The van der Waals surface area contributed by atoms with Gasteiger partial charge in [-0.1, -0.05) is 28.1 Å². The SMILES string of the molecule is Cc1ccc(Br)cc1C(=O)Nc1cccc(C(N)=O)c1C. The van der Waals surface area contributed by atoms with Crippen molar-refractivity contribution >= 4 is 33.4 Å². The first-order valence-corrected chi connectivity index (χ1v) is 7.16. The van der Waals surface area contributed by atoms with Crippen molar-refractivity contribution in [3.05, 3.63) is 63.1 Å². The number of carbonyl (C=O) groups is 2. The summed E-state index contributed by atoms with van der Waals surface area (Å²) in [6.07, 6.45) is 0. The van der Waals surface area contributed by atoms with Gasteiger partial charge < -0.3 is 11.1 Å². The van der Waals surface area contributed by atoms with Crippen molar-refractivity contribution in [1.29, 1.82) is 0 Å². The predicted molar refractivity (Wildman–Crippen MR) is 86.5 cm³/mol. The summed E-state index contributed by atoms with van der Waals surface area (Å²) in [5, 5.41) is 2.82. The third kappa shape index (κ3) is 3.31. The van der Waals surface area contributed by atoms with E-state index in [0.717, 1.165) is 10.0 Å². The molecule has 0 fully saturated rings. The van der Waals surface area contributed by atoms with Crippen molar-refractivity contribution in [2.24, 2.45) is 5.73 Å². The number of nitrogens with one attached hydrogen (secondary N) is 1. The highest BCUT2D eigenvalue weighted by molar-refractivity contribution is 9.10. The van der Waals surface area contributed by atoms with Gasteiger partial charge in [-0.3, -0.25) is 9.59 Å². The first kappa shape index (κ1) is 15.3. The molecular formula is C16H15BrN2O2. The van der Waals surface area contributed by atoms with Gasteiger partial charge >= 0.3 is 0 Å². The summed E-state index contributed by atoms with van der Waals surface area (Å²) < 4.78 is 0.834. The second kappa shape index (κ2) is 6.10. The van der Waals surface area contributed by atoms with Gasteiger partial charge in [-0.2, -0.15) is 0 Å². The summed E-state index contributed by atoms with van der Waals surface area (Å²) in [5.74, 6) is -0.735. The zero-order valence-corrected chi connectivity index (χ0v) is 13.3. The van der Waals surface area contributed by atoms with Crippen molar-refractivity contribution in [3.63, 3.8) is 0 Å². The lowest BCUT2D eigenvalue weighted by atomic mass is 10.0. The van der Waals surface area contributed by atoms with E-state index in [-0.39, 0.29) is 5.91 Å². The summed E-state index contributed by atoms with van der Waals surface area (Å²) >= 11 is 3.35. The van der Waals surface area contributed by atoms with Gasteiger partial charge in [0.1, 0.15) is 0 Å². The van der Waals surface area contributed by atoms with E-state index in [9.17, 15) is 9.59 Å². The molecule has 0 aliphatic heterocycles. The Morgan fingerprint density at radius 3 is 2.48 bits per heavy atom. The van der Waals surface area contributed by atoms with Crippen LogP contribution in [0.2, 0.25) is 0 Å². The van der Waals surface area contributed by atoms with Crippen LogP contribution in [0.25, 0.3) is 0 Å². The van der Waals surface area contributed by atoms with Crippen molar-refractivity contribution in [2.75, 3.05) is 5.32 Å². The number of benzene rings is 2. The molecule has 108 valence electrons. The molecule has 0 saturated heterocycles. The zero-order valence-electron chi connectivity index (χ0n) is 11.7. The Bertz CT molecular complexity index is 726. The number of hydrogen-bond acceptors (Lipinski definition) is 2. The Morgan fingerprint density at radius 1 is 1.10 bits per heavy atom. The lowest BCUT2D eigenvalue weighted by Crippen LogP contribution is -2.17. The van der Waals surface area contributed by atoms with Crippen LogP contribution in [0, 0.1) is 13.8 Å². The van der Waals surface area contributed by atoms with E-state index in [4.69, 9.17) is 5.73 Å². The number of rotatable bonds is 3. The largest absolute Gasteiger partial charge is 0.366 e. The molecule has 0 aliphatic rings. The van der Waals surface area contributed by atoms with E-state index in [2.05, 4.69) is 21.2 Å². The van der Waals surface area contributed by atoms with Crippen LogP contribution >= 0.6 is 15.9 Å². The van der Waals surface area contributed by atoms with E-state index in [1.807, 2.05) is 19.1 Å². The van der Waals surface area contributed by atoms with Gasteiger partial charge in [0.05, 0.1) is 0 Å². The third-order valence-corrected chi connectivity index (χ3v) is 3.78. The monoisotopic (exact) mass is 346 g/mol. The first-order chi connectivity index (χ1) is 9.90. The van der Waals surface area contributed by atoms with Crippen LogP contribution in [0.5, 0.6) is 0 Å². The maximum Gasteiger partial charge on any atom is 0.255 e. The Hall–Kier alpha value is -2.14. The molecule has 5 heteroatoms. The van der Waals surface area contributed by atoms with Gasteiger partial charge in [-0.05, 0) is 49.2 Å². The molecule has 0 atom stereocenters. The lowest BCUT2D eigenvalue weighted by Gasteiger charge is -2.12. The Kier molecular flexibility index (Phi) is 4.43. The molecule has 2 rings (SSSR count). The molecule has 0 bridgehead atoms. The van der Waals surface area contributed by atoms with Gasteiger partial charge in [0.2, 0.25) is 5.91 Å². The van der Waals surface area contributed by atoms with Crippen LogP contribution in [-0.2, 0) is 0 Å². The standard InChI is InChI=1S/C16H15BrN2O2/c1-9-6-7-11(17)8-13(9)16(21)19-14-5-3-4-12(10(14)2)15(18)20/h3-8H,1-2H3,(H2,18,20)(H,19,21). The number of hydrogen-bond donors (Lipinski definition) is 2. The molecule has 2 amide bonds. The van der Waals surface area contributed by atoms with Crippen LogP contribution in [0.15, 0.2) is 40.9 Å². The van der Waals surface area contributed by atoms with Gasteiger partial charge in [-0.25, -0.2) is 0 Å². The number of halogens is 1. The fourth-order valence-electron chi connectivity index (χ4n) is 2.07. The molecule has 0 unspecified atom stereocenters. The maximum atomic E-state index is 12.4. The molecule has 0 aliphatic carbocycles. The summed E-state index contributed by atoms with van der Waals surface area (Å²) in [6, 6.07) is 10.6. The summed E-state index contributed by atoms with van der Waals surface area (Å²) in [4.78, 5) is 23.7. The minimum absolute atomic E-state index is 0.224. The fourth-order valence-corrected chi connectivity index (χ4v) is 2.43. The highest BCUT2D eigenvalue weighted by Crippen LogP contribution is 2.21. The van der Waals surface area contributed by atoms with Crippen molar-refractivity contribution in [1.82, 2.24) is 0 Å². The van der Waals surface area contributed by atoms with E-state index >= 15 is 0 Å². The third-order valence-electron chi connectivity index (χ3n) is 3.29. The average Bonchev–Trinajstić information content (AvgIpc) is 2.43. The Balaban J connectivity index is 2.34. The van der Waals surface area contributed by atoms with E-state index in [0.29, 0.717) is 22.4 Å². The summed E-state index contributed by atoms with van der Waals surface area (Å²) in [5.41, 5.74) is 8.40. The van der Waals surface area contributed by atoms with Crippen molar-refractivity contribution in [2.45, 2.75) is 13.8 Å². The maximum absolute atomic E-state index is 12.4. The molecule has 0 saturated carbocycles. The molecule has 2 aromatic carbocycles. The number of nitrogens with two attached hydrogens (primary N) is 1. The average molecular weight is 347 g/mol. The predicted octanol–water partition coefficient (Wildman–Crippen LogP) is 3.42. The van der Waals surface area contributed by atoms with Crippen molar-refractivity contribution < 1.29 is 9.59 Å². The number of anilines is 1. The molecule has 21 heavy (non-hydrogen) atoms. The van der Waals surface area contributed by atoms with Crippen LogP contribution in [0.4, 0.5) is 5.69 Å². The second-order valence-electron chi connectivity index (χ2n) is 4.76. The normalized spacial score (nSPS) is 10.2. The van der Waals surface area contributed by atoms with Gasteiger partial charge in [0, 0.05) is 21.3 Å². The van der Waals surface area contributed by atoms with Crippen LogP contribution in [0.3, 0.4) is 0 Å². The smallest absolute Gasteiger partial charge is 0.255 e. The Labute approximate surface area is 131 Å². The van der Waals surface area contributed by atoms with Gasteiger partial charge in [0.15, 0.2) is 0 Å². The van der Waals surface area contributed by atoms with Gasteiger partial charge in [-0.15, -0.1) is 0 Å². The minimum atomic E-state index is -0.512. The Morgan fingerprint density at radius 2 is 1.81 bits per heavy atom. The zero-order chi connectivity index (χ0) is 15.6. The molecule has 2 aromatic rings. The fraction of sp³-hybridized carbons (Fsp3) is 0.125. The molecule has 0 aromatic heterocycles. The highest BCUT2D eigenvalue weighted by atomic mass is 79.9. The van der Waals surface area contributed by atoms with Gasteiger partial charge in [0.25, 0.3) is 5.91 Å². The first-order valence-electron chi connectivity index (χ1n) is 6.37. The van der Waals surface area contributed by atoms with E-state index in [1.165, 1.54) is 0 Å². The number of aryl methyl sites for hydroxylation is 1. The van der Waals surface area contributed by atoms with E-state index < -0.39 is 5.91 Å².